The van der Waals surface area contributed by atoms with E-state index in [0.717, 1.165) is 42.5 Å². The molecule has 150 valence electrons. The molecule has 0 spiro atoms. The largest absolute Gasteiger partial charge is 0.487 e. The zero-order chi connectivity index (χ0) is 20.2. The summed E-state index contributed by atoms with van der Waals surface area (Å²) < 4.78 is 5.86. The summed E-state index contributed by atoms with van der Waals surface area (Å²) in [5.74, 6) is 1.65. The Labute approximate surface area is 172 Å². The van der Waals surface area contributed by atoms with Crippen molar-refractivity contribution in [2.75, 3.05) is 13.1 Å². The van der Waals surface area contributed by atoms with Gasteiger partial charge in [0.25, 0.3) is 0 Å². The van der Waals surface area contributed by atoms with Crippen LogP contribution in [-0.2, 0) is 19.6 Å². The zero-order valence-electron chi connectivity index (χ0n) is 16.8. The van der Waals surface area contributed by atoms with E-state index in [1.807, 2.05) is 42.5 Å². The molecule has 0 aliphatic rings. The molecule has 29 heavy (non-hydrogen) atoms. The Bertz CT molecular complexity index is 882. The van der Waals surface area contributed by atoms with Crippen molar-refractivity contribution in [3.8, 4) is 5.75 Å². The monoisotopic (exact) mass is 388 g/mol. The number of guanidine groups is 1. The van der Waals surface area contributed by atoms with Crippen LogP contribution in [0.2, 0.25) is 0 Å². The lowest BCUT2D eigenvalue weighted by atomic mass is 10.1. The average Bonchev–Trinajstić information content (AvgIpc) is 2.78. The van der Waals surface area contributed by atoms with Crippen molar-refractivity contribution >= 4 is 5.96 Å². The quantitative estimate of drug-likeness (QED) is 0.430. The third kappa shape index (κ3) is 7.30. The van der Waals surface area contributed by atoms with Crippen molar-refractivity contribution in [2.45, 2.75) is 26.5 Å². The van der Waals surface area contributed by atoms with E-state index in [1.54, 1.807) is 6.20 Å². The van der Waals surface area contributed by atoms with E-state index in [1.165, 1.54) is 5.56 Å². The Morgan fingerprint density at radius 1 is 0.931 bits per heavy atom. The van der Waals surface area contributed by atoms with E-state index in [2.05, 4.69) is 52.9 Å². The molecule has 0 radical (unpaired) electrons. The Morgan fingerprint density at radius 2 is 1.76 bits per heavy atom. The van der Waals surface area contributed by atoms with Gasteiger partial charge in [-0.25, -0.2) is 4.99 Å². The minimum Gasteiger partial charge on any atom is -0.487 e. The van der Waals surface area contributed by atoms with Gasteiger partial charge in [0.15, 0.2) is 5.96 Å². The van der Waals surface area contributed by atoms with Crippen LogP contribution in [-0.4, -0.2) is 24.0 Å². The Balaban J connectivity index is 1.52. The van der Waals surface area contributed by atoms with Crippen molar-refractivity contribution in [3.63, 3.8) is 0 Å². The maximum Gasteiger partial charge on any atom is 0.191 e. The molecule has 0 saturated carbocycles. The van der Waals surface area contributed by atoms with Gasteiger partial charge < -0.3 is 15.4 Å². The molecule has 0 amide bonds. The normalized spacial score (nSPS) is 11.1. The summed E-state index contributed by atoms with van der Waals surface area (Å²) in [6.45, 7) is 4.77. The summed E-state index contributed by atoms with van der Waals surface area (Å²) in [6, 6.07) is 24.3. The number of aliphatic imine (C=N–C) groups is 1. The van der Waals surface area contributed by atoms with Gasteiger partial charge >= 0.3 is 0 Å². The van der Waals surface area contributed by atoms with E-state index in [0.29, 0.717) is 13.2 Å². The van der Waals surface area contributed by atoms with Gasteiger partial charge in [-0.2, -0.15) is 0 Å². The summed E-state index contributed by atoms with van der Waals surface area (Å²) in [6.07, 6.45) is 2.74. The van der Waals surface area contributed by atoms with Gasteiger partial charge in [-0.15, -0.1) is 0 Å². The number of benzene rings is 2. The standard InChI is InChI=1S/C24H28N4O/c1-2-25-24(27-16-14-20-9-4-3-5-10-20)28-18-21-11-8-13-23(17-21)29-19-22-12-6-7-15-26-22/h3-13,15,17H,2,14,16,18-19H2,1H3,(H2,25,27,28). The number of hydrogen-bond acceptors (Lipinski definition) is 3. The van der Waals surface area contributed by atoms with Gasteiger partial charge in [-0.3, -0.25) is 4.98 Å². The number of hydrogen-bond donors (Lipinski definition) is 2. The Morgan fingerprint density at radius 3 is 2.55 bits per heavy atom. The van der Waals surface area contributed by atoms with Gasteiger partial charge in [0, 0.05) is 19.3 Å². The topological polar surface area (TPSA) is 58.5 Å². The average molecular weight is 389 g/mol. The number of pyridine rings is 1. The molecule has 5 heteroatoms. The fourth-order valence-corrected chi connectivity index (χ4v) is 2.86. The first-order chi connectivity index (χ1) is 14.3. The first-order valence-corrected chi connectivity index (χ1v) is 10.0. The molecule has 5 nitrogen and oxygen atoms in total. The lowest BCUT2D eigenvalue weighted by molar-refractivity contribution is 0.301. The molecule has 0 aliphatic carbocycles. The molecule has 1 heterocycles. The molecular weight excluding hydrogens is 360 g/mol. The second-order valence-corrected chi connectivity index (χ2v) is 6.61. The third-order valence-corrected chi connectivity index (χ3v) is 4.32. The molecule has 2 aromatic carbocycles. The summed E-state index contributed by atoms with van der Waals surface area (Å²) >= 11 is 0. The number of aromatic nitrogens is 1. The molecule has 0 unspecified atom stereocenters. The van der Waals surface area contributed by atoms with E-state index < -0.39 is 0 Å². The highest BCUT2D eigenvalue weighted by molar-refractivity contribution is 5.79. The van der Waals surface area contributed by atoms with Crippen LogP contribution in [0.25, 0.3) is 0 Å². The van der Waals surface area contributed by atoms with Gasteiger partial charge in [0.2, 0.25) is 0 Å². The predicted octanol–water partition coefficient (Wildman–Crippen LogP) is 3.96. The van der Waals surface area contributed by atoms with Gasteiger partial charge in [-0.1, -0.05) is 48.5 Å². The summed E-state index contributed by atoms with van der Waals surface area (Å²) in [4.78, 5) is 8.98. The fourth-order valence-electron chi connectivity index (χ4n) is 2.86. The van der Waals surface area contributed by atoms with E-state index in [9.17, 15) is 0 Å². The minimum absolute atomic E-state index is 0.456. The highest BCUT2D eigenvalue weighted by Gasteiger charge is 2.01. The third-order valence-electron chi connectivity index (χ3n) is 4.32. The lowest BCUT2D eigenvalue weighted by Crippen LogP contribution is -2.38. The van der Waals surface area contributed by atoms with Gasteiger partial charge in [-0.05, 0) is 48.7 Å². The van der Waals surface area contributed by atoms with Crippen LogP contribution in [0.1, 0.15) is 23.7 Å². The van der Waals surface area contributed by atoms with E-state index in [-0.39, 0.29) is 0 Å². The van der Waals surface area contributed by atoms with Crippen molar-refractivity contribution in [2.24, 2.45) is 4.99 Å². The maximum absolute atomic E-state index is 5.86. The fraction of sp³-hybridized carbons (Fsp3) is 0.250. The molecule has 0 aliphatic heterocycles. The first kappa shape index (κ1) is 20.4. The second kappa shape index (κ2) is 11.5. The van der Waals surface area contributed by atoms with Crippen LogP contribution in [0, 0.1) is 0 Å². The summed E-state index contributed by atoms with van der Waals surface area (Å²) in [7, 11) is 0. The highest BCUT2D eigenvalue weighted by Crippen LogP contribution is 2.15. The number of ether oxygens (including phenoxy) is 1. The number of nitrogens with zero attached hydrogens (tertiary/aromatic N) is 2. The molecule has 2 N–H and O–H groups in total. The Hall–Kier alpha value is -3.34. The van der Waals surface area contributed by atoms with Crippen LogP contribution in [0.5, 0.6) is 5.75 Å². The molecule has 3 aromatic rings. The van der Waals surface area contributed by atoms with Crippen LogP contribution < -0.4 is 15.4 Å². The summed E-state index contributed by atoms with van der Waals surface area (Å²) in [5, 5.41) is 6.70. The van der Waals surface area contributed by atoms with Crippen molar-refractivity contribution in [3.05, 3.63) is 95.8 Å². The molecule has 0 atom stereocenters. The van der Waals surface area contributed by atoms with Crippen molar-refractivity contribution in [1.82, 2.24) is 15.6 Å². The van der Waals surface area contributed by atoms with Gasteiger partial charge in [0.05, 0.1) is 12.2 Å². The molecule has 0 fully saturated rings. The molecule has 3 rings (SSSR count). The van der Waals surface area contributed by atoms with Crippen molar-refractivity contribution < 1.29 is 4.74 Å². The smallest absolute Gasteiger partial charge is 0.191 e. The zero-order valence-corrected chi connectivity index (χ0v) is 16.8. The summed E-state index contributed by atoms with van der Waals surface area (Å²) in [5.41, 5.74) is 3.32. The molecular formula is C24H28N4O. The van der Waals surface area contributed by atoms with Crippen LogP contribution >= 0.6 is 0 Å². The first-order valence-electron chi connectivity index (χ1n) is 10.0. The van der Waals surface area contributed by atoms with E-state index in [4.69, 9.17) is 9.73 Å². The van der Waals surface area contributed by atoms with Crippen molar-refractivity contribution in [1.29, 1.82) is 0 Å². The SMILES string of the molecule is CCNC(=NCc1cccc(OCc2ccccn2)c1)NCCc1ccccc1. The van der Waals surface area contributed by atoms with Crippen LogP contribution in [0.4, 0.5) is 0 Å². The molecule has 1 aromatic heterocycles. The molecule has 0 bridgehead atoms. The number of nitrogens with one attached hydrogen (secondary N) is 2. The maximum atomic E-state index is 5.86. The number of rotatable bonds is 9. The minimum atomic E-state index is 0.456. The Kier molecular flexibility index (Phi) is 8.08. The lowest BCUT2D eigenvalue weighted by Gasteiger charge is -2.12. The second-order valence-electron chi connectivity index (χ2n) is 6.61. The van der Waals surface area contributed by atoms with E-state index >= 15 is 0 Å². The van der Waals surface area contributed by atoms with Crippen LogP contribution in [0.15, 0.2) is 84.0 Å². The highest BCUT2D eigenvalue weighted by atomic mass is 16.5. The van der Waals surface area contributed by atoms with Crippen LogP contribution in [0.3, 0.4) is 0 Å². The molecule has 0 saturated heterocycles. The van der Waals surface area contributed by atoms with Gasteiger partial charge in [0.1, 0.15) is 12.4 Å². The predicted molar refractivity (Wildman–Crippen MR) is 118 cm³/mol.